The lowest BCUT2D eigenvalue weighted by Crippen LogP contribution is -2.19. The molecule has 1 amide bonds. The summed E-state index contributed by atoms with van der Waals surface area (Å²) in [5.74, 6) is -0.487. The number of nitrogens with zero attached hydrogens (tertiary/aromatic N) is 1. The van der Waals surface area contributed by atoms with Crippen LogP contribution in [-0.4, -0.2) is 19.2 Å². The van der Waals surface area contributed by atoms with Crippen molar-refractivity contribution in [3.8, 4) is 0 Å². The molecule has 0 saturated carbocycles. The number of amides is 1. The second kappa shape index (κ2) is 8.34. The van der Waals surface area contributed by atoms with E-state index in [0.29, 0.717) is 5.69 Å². The molecule has 0 atom stereocenters. The van der Waals surface area contributed by atoms with Gasteiger partial charge in [-0.15, -0.1) is 0 Å². The molecular formula is C21H19N3O5S. The van der Waals surface area contributed by atoms with Gasteiger partial charge in [0.05, 0.1) is 21.1 Å². The number of nitrogens with one attached hydrogen (secondary N) is 2. The second-order valence-electron chi connectivity index (χ2n) is 6.68. The van der Waals surface area contributed by atoms with Gasteiger partial charge in [0.15, 0.2) is 0 Å². The first kappa shape index (κ1) is 21.0. The van der Waals surface area contributed by atoms with E-state index < -0.39 is 20.9 Å². The second-order valence-corrected chi connectivity index (χ2v) is 8.36. The molecule has 0 radical (unpaired) electrons. The quantitative estimate of drug-likeness (QED) is 0.452. The first-order valence-electron chi connectivity index (χ1n) is 8.92. The third-order valence-corrected chi connectivity index (χ3v) is 5.75. The van der Waals surface area contributed by atoms with Crippen LogP contribution in [0.3, 0.4) is 0 Å². The number of anilines is 2. The third-order valence-electron chi connectivity index (χ3n) is 4.38. The van der Waals surface area contributed by atoms with Gasteiger partial charge >= 0.3 is 0 Å². The lowest BCUT2D eigenvalue weighted by atomic mass is 10.1. The number of carbonyl (C=O) groups excluding carboxylic acids is 1. The molecule has 30 heavy (non-hydrogen) atoms. The molecule has 3 rings (SSSR count). The van der Waals surface area contributed by atoms with E-state index in [9.17, 15) is 23.3 Å². The van der Waals surface area contributed by atoms with Crippen molar-refractivity contribution in [1.29, 1.82) is 0 Å². The number of sulfonamides is 1. The number of benzene rings is 3. The minimum atomic E-state index is -4.15. The number of para-hydroxylation sites is 1. The Kier molecular flexibility index (Phi) is 5.84. The van der Waals surface area contributed by atoms with Crippen molar-refractivity contribution in [3.05, 3.63) is 93.5 Å². The summed E-state index contributed by atoms with van der Waals surface area (Å²) in [5, 5.41) is 13.7. The molecule has 154 valence electrons. The van der Waals surface area contributed by atoms with Gasteiger partial charge in [0.25, 0.3) is 21.6 Å². The Morgan fingerprint density at radius 1 is 0.933 bits per heavy atom. The maximum Gasteiger partial charge on any atom is 0.270 e. The number of nitro benzene ring substituents is 1. The molecule has 0 bridgehead atoms. The first-order chi connectivity index (χ1) is 14.2. The van der Waals surface area contributed by atoms with E-state index in [-0.39, 0.29) is 21.8 Å². The predicted octanol–water partition coefficient (Wildman–Crippen LogP) is 4.26. The van der Waals surface area contributed by atoms with E-state index in [4.69, 9.17) is 0 Å². The highest BCUT2D eigenvalue weighted by Gasteiger charge is 2.21. The van der Waals surface area contributed by atoms with Crippen molar-refractivity contribution < 1.29 is 18.1 Å². The van der Waals surface area contributed by atoms with Crippen LogP contribution in [0.25, 0.3) is 0 Å². The molecule has 0 spiro atoms. The molecule has 3 aromatic carbocycles. The van der Waals surface area contributed by atoms with Gasteiger partial charge in [-0.1, -0.05) is 35.9 Å². The molecule has 0 aliphatic carbocycles. The fourth-order valence-corrected chi connectivity index (χ4v) is 4.00. The highest BCUT2D eigenvalue weighted by atomic mass is 32.2. The summed E-state index contributed by atoms with van der Waals surface area (Å²) in [4.78, 5) is 22.8. The Morgan fingerprint density at radius 3 is 2.37 bits per heavy atom. The fourth-order valence-electron chi connectivity index (χ4n) is 2.88. The molecule has 9 heteroatoms. The standard InChI is InChI=1S/C21H19N3O5S/c1-14-10-11-19(15(2)12-14)22-21(25)18-8-3-4-9-20(18)23-30(28,29)17-7-5-6-16(13-17)24(26)27/h3-13,23H,1-2H3,(H,22,25). The van der Waals surface area contributed by atoms with Gasteiger partial charge in [-0.25, -0.2) is 8.42 Å². The molecule has 0 heterocycles. The van der Waals surface area contributed by atoms with E-state index in [1.165, 1.54) is 30.3 Å². The molecule has 0 aliphatic heterocycles. The van der Waals surface area contributed by atoms with E-state index in [1.54, 1.807) is 18.2 Å². The Hall–Kier alpha value is -3.72. The van der Waals surface area contributed by atoms with Gasteiger partial charge in [-0.3, -0.25) is 19.6 Å². The number of carbonyl (C=O) groups is 1. The van der Waals surface area contributed by atoms with Crippen LogP contribution in [-0.2, 0) is 10.0 Å². The van der Waals surface area contributed by atoms with Crippen LogP contribution in [0.15, 0.2) is 71.6 Å². The Labute approximate surface area is 173 Å². The SMILES string of the molecule is Cc1ccc(NC(=O)c2ccccc2NS(=O)(=O)c2cccc([N+](=O)[O-])c2)c(C)c1. The summed E-state index contributed by atoms with van der Waals surface area (Å²) in [7, 11) is -4.15. The number of aryl methyl sites for hydroxylation is 2. The van der Waals surface area contributed by atoms with Crippen LogP contribution >= 0.6 is 0 Å². The number of non-ortho nitro benzene ring substituents is 1. The van der Waals surface area contributed by atoms with Gasteiger partial charge in [0.2, 0.25) is 0 Å². The first-order valence-corrected chi connectivity index (χ1v) is 10.4. The number of hydrogen-bond donors (Lipinski definition) is 2. The molecule has 8 nitrogen and oxygen atoms in total. The Morgan fingerprint density at radius 2 is 1.67 bits per heavy atom. The summed E-state index contributed by atoms with van der Waals surface area (Å²) >= 11 is 0. The molecular weight excluding hydrogens is 406 g/mol. The smallest absolute Gasteiger partial charge is 0.270 e. The fraction of sp³-hybridized carbons (Fsp3) is 0.0952. The van der Waals surface area contributed by atoms with Crippen molar-refractivity contribution >= 4 is 33.0 Å². The van der Waals surface area contributed by atoms with Crippen LogP contribution in [0.4, 0.5) is 17.1 Å². The molecule has 0 unspecified atom stereocenters. The number of rotatable bonds is 6. The van der Waals surface area contributed by atoms with Crippen molar-refractivity contribution in [2.45, 2.75) is 18.7 Å². The lowest BCUT2D eigenvalue weighted by molar-refractivity contribution is -0.385. The van der Waals surface area contributed by atoms with Gasteiger partial charge in [0, 0.05) is 17.8 Å². The minimum Gasteiger partial charge on any atom is -0.322 e. The molecule has 0 aliphatic rings. The molecule has 3 aromatic rings. The van der Waals surface area contributed by atoms with Crippen molar-refractivity contribution in [1.82, 2.24) is 0 Å². The van der Waals surface area contributed by atoms with Crippen LogP contribution < -0.4 is 10.0 Å². The summed E-state index contributed by atoms with van der Waals surface area (Å²) in [6.45, 7) is 3.80. The van der Waals surface area contributed by atoms with Gasteiger partial charge in [0.1, 0.15) is 0 Å². The van der Waals surface area contributed by atoms with E-state index in [1.807, 2.05) is 26.0 Å². The summed E-state index contributed by atoms with van der Waals surface area (Å²) in [5.41, 5.74) is 2.37. The van der Waals surface area contributed by atoms with Crippen molar-refractivity contribution in [2.75, 3.05) is 10.0 Å². The Bertz CT molecular complexity index is 1240. The van der Waals surface area contributed by atoms with Crippen LogP contribution in [0, 0.1) is 24.0 Å². The van der Waals surface area contributed by atoms with E-state index >= 15 is 0 Å². The average molecular weight is 425 g/mol. The van der Waals surface area contributed by atoms with Gasteiger partial charge in [-0.2, -0.15) is 0 Å². The normalized spacial score (nSPS) is 11.0. The summed E-state index contributed by atoms with van der Waals surface area (Å²) in [6.07, 6.45) is 0. The average Bonchev–Trinajstić information content (AvgIpc) is 2.70. The maximum atomic E-state index is 12.8. The van der Waals surface area contributed by atoms with Gasteiger partial charge < -0.3 is 5.32 Å². The largest absolute Gasteiger partial charge is 0.322 e. The van der Waals surface area contributed by atoms with Crippen molar-refractivity contribution in [2.24, 2.45) is 0 Å². The highest BCUT2D eigenvalue weighted by molar-refractivity contribution is 7.92. The van der Waals surface area contributed by atoms with Crippen LogP contribution in [0.2, 0.25) is 0 Å². The lowest BCUT2D eigenvalue weighted by Gasteiger charge is -2.14. The zero-order valence-corrected chi connectivity index (χ0v) is 17.1. The predicted molar refractivity (Wildman–Crippen MR) is 114 cm³/mol. The molecule has 0 saturated heterocycles. The van der Waals surface area contributed by atoms with Crippen molar-refractivity contribution in [3.63, 3.8) is 0 Å². The maximum absolute atomic E-state index is 12.8. The minimum absolute atomic E-state index is 0.0614. The molecule has 0 aromatic heterocycles. The summed E-state index contributed by atoms with van der Waals surface area (Å²) < 4.78 is 27.8. The zero-order valence-electron chi connectivity index (χ0n) is 16.2. The number of nitro groups is 1. The summed E-state index contributed by atoms with van der Waals surface area (Å²) in [6, 6.07) is 16.4. The monoisotopic (exact) mass is 425 g/mol. The Balaban J connectivity index is 1.90. The highest BCUT2D eigenvalue weighted by Crippen LogP contribution is 2.24. The van der Waals surface area contributed by atoms with E-state index in [0.717, 1.165) is 17.2 Å². The third kappa shape index (κ3) is 4.64. The topological polar surface area (TPSA) is 118 Å². The molecule has 0 fully saturated rings. The van der Waals surface area contributed by atoms with E-state index in [2.05, 4.69) is 10.0 Å². The molecule has 2 N–H and O–H groups in total. The van der Waals surface area contributed by atoms with Gasteiger partial charge in [-0.05, 0) is 43.7 Å². The number of hydrogen-bond acceptors (Lipinski definition) is 5. The van der Waals surface area contributed by atoms with Crippen LogP contribution in [0.1, 0.15) is 21.5 Å². The zero-order chi connectivity index (χ0) is 21.9. The van der Waals surface area contributed by atoms with Crippen LogP contribution in [0.5, 0.6) is 0 Å².